The highest BCUT2D eigenvalue weighted by atomic mass is 16.7. The molecular weight excluding hydrogens is 208 g/mol. The first-order valence-corrected chi connectivity index (χ1v) is 4.18. The molecule has 1 aliphatic rings. The first-order chi connectivity index (χ1) is 6.99. The molecule has 0 aromatic rings. The quantitative estimate of drug-likeness (QED) is 0.408. The maximum atomic E-state index is 10.6. The number of aliphatic hydroxyl groups is 3. The fraction of sp³-hybridized carbons (Fsp3) is 0.625. The molecule has 0 aliphatic carbocycles. The van der Waals surface area contributed by atoms with Crippen LogP contribution in [0.4, 0.5) is 0 Å². The average Bonchev–Trinajstić information content (AvgIpc) is 2.18. The lowest BCUT2D eigenvalue weighted by molar-refractivity contribution is -0.281. The van der Waals surface area contributed by atoms with Crippen molar-refractivity contribution in [2.24, 2.45) is 0 Å². The van der Waals surface area contributed by atoms with E-state index in [1.165, 1.54) is 0 Å². The van der Waals surface area contributed by atoms with Crippen LogP contribution >= 0.6 is 0 Å². The fourth-order valence-electron chi connectivity index (χ4n) is 1.26. The van der Waals surface area contributed by atoms with Gasteiger partial charge in [-0.05, 0) is 0 Å². The topological polar surface area (TPSA) is 116 Å². The summed E-state index contributed by atoms with van der Waals surface area (Å²) in [7, 11) is 0. The van der Waals surface area contributed by atoms with Gasteiger partial charge >= 0.3 is 5.97 Å². The minimum Gasteiger partial charge on any atom is -0.479 e. The van der Waals surface area contributed by atoms with E-state index in [9.17, 15) is 20.1 Å². The minimum absolute atomic E-state index is 0.942. The molecule has 7 heteroatoms. The van der Waals surface area contributed by atoms with Gasteiger partial charge < -0.3 is 29.9 Å². The van der Waals surface area contributed by atoms with E-state index in [0.717, 1.165) is 6.26 Å². The summed E-state index contributed by atoms with van der Waals surface area (Å²) in [6.07, 6.45) is -6.95. The summed E-state index contributed by atoms with van der Waals surface area (Å²) < 4.78 is 9.38. The molecule has 1 aliphatic heterocycles. The summed E-state index contributed by atoms with van der Waals surface area (Å²) in [4.78, 5) is 10.6. The van der Waals surface area contributed by atoms with Crippen molar-refractivity contribution in [3.63, 3.8) is 0 Å². The smallest absolute Gasteiger partial charge is 0.335 e. The Labute approximate surface area is 85.2 Å². The minimum atomic E-state index is -1.71. The lowest BCUT2D eigenvalue weighted by Gasteiger charge is -2.37. The lowest BCUT2D eigenvalue weighted by atomic mass is 9.99. The Balaban J connectivity index is 2.79. The number of carboxylic acids is 1. The normalized spacial score (nSPS) is 40.9. The summed E-state index contributed by atoms with van der Waals surface area (Å²) >= 11 is 0. The van der Waals surface area contributed by atoms with Crippen LogP contribution in [0.25, 0.3) is 0 Å². The van der Waals surface area contributed by atoms with Crippen LogP contribution in [0.2, 0.25) is 0 Å². The molecule has 1 fully saturated rings. The number of ether oxygens (including phenoxy) is 2. The first-order valence-electron chi connectivity index (χ1n) is 4.18. The summed E-state index contributed by atoms with van der Waals surface area (Å²) in [6.45, 7) is 3.20. The van der Waals surface area contributed by atoms with Gasteiger partial charge in [-0.15, -0.1) is 0 Å². The lowest BCUT2D eigenvalue weighted by Crippen LogP contribution is -2.60. The van der Waals surface area contributed by atoms with Gasteiger partial charge in [0.05, 0.1) is 6.26 Å². The van der Waals surface area contributed by atoms with Gasteiger partial charge in [0.25, 0.3) is 0 Å². The van der Waals surface area contributed by atoms with Gasteiger partial charge in [-0.3, -0.25) is 0 Å². The maximum Gasteiger partial charge on any atom is 0.335 e. The highest BCUT2D eigenvalue weighted by Gasteiger charge is 2.47. The Kier molecular flexibility index (Phi) is 3.64. The molecule has 1 heterocycles. The summed E-state index contributed by atoms with van der Waals surface area (Å²) in [5.74, 6) is -1.45. The van der Waals surface area contributed by atoms with Crippen LogP contribution in [-0.2, 0) is 14.3 Å². The Morgan fingerprint density at radius 1 is 1.27 bits per heavy atom. The van der Waals surface area contributed by atoms with Crippen LogP contribution < -0.4 is 0 Å². The van der Waals surface area contributed by atoms with E-state index in [2.05, 4.69) is 11.3 Å². The van der Waals surface area contributed by atoms with Crippen molar-refractivity contribution in [2.75, 3.05) is 0 Å². The van der Waals surface area contributed by atoms with Gasteiger partial charge in [0.1, 0.15) is 18.3 Å². The van der Waals surface area contributed by atoms with Gasteiger partial charge in [-0.1, -0.05) is 6.58 Å². The number of hydrogen-bond acceptors (Lipinski definition) is 6. The van der Waals surface area contributed by atoms with E-state index in [0.29, 0.717) is 0 Å². The molecule has 4 N–H and O–H groups in total. The van der Waals surface area contributed by atoms with Crippen molar-refractivity contribution < 1.29 is 34.7 Å². The third-order valence-electron chi connectivity index (χ3n) is 2.04. The molecule has 0 bridgehead atoms. The second kappa shape index (κ2) is 4.58. The molecule has 0 aromatic carbocycles. The summed E-state index contributed by atoms with van der Waals surface area (Å²) in [5.41, 5.74) is 0. The highest BCUT2D eigenvalue weighted by Crippen LogP contribution is 2.22. The number of aliphatic hydroxyl groups excluding tert-OH is 3. The number of carboxylic acid groups (broad SMARTS) is 1. The molecular formula is C8H12O7. The standard InChI is InChI=1S/C8H12O7/c1-2-14-8-5(11)3(9)4(10)6(15-8)7(12)13/h2-6,8-11H,1H2,(H,12,13)/t3-,4-,5+,6-,8?/m0/s1. The van der Waals surface area contributed by atoms with E-state index in [-0.39, 0.29) is 0 Å². The number of hydrogen-bond donors (Lipinski definition) is 4. The predicted molar refractivity (Wildman–Crippen MR) is 45.6 cm³/mol. The molecule has 5 atom stereocenters. The van der Waals surface area contributed by atoms with E-state index in [1.807, 2.05) is 0 Å². The Morgan fingerprint density at radius 3 is 2.33 bits per heavy atom. The molecule has 1 rings (SSSR count). The predicted octanol–water partition coefficient (Wildman–Crippen LogP) is -1.96. The van der Waals surface area contributed by atoms with Gasteiger partial charge in [-0.2, -0.15) is 0 Å². The first kappa shape index (κ1) is 11.9. The van der Waals surface area contributed by atoms with Crippen LogP contribution in [0.15, 0.2) is 12.8 Å². The fourth-order valence-corrected chi connectivity index (χ4v) is 1.26. The molecule has 0 aromatic heterocycles. The van der Waals surface area contributed by atoms with Crippen LogP contribution in [0.5, 0.6) is 0 Å². The van der Waals surface area contributed by atoms with Crippen LogP contribution in [0, 0.1) is 0 Å². The Morgan fingerprint density at radius 2 is 1.87 bits per heavy atom. The summed E-state index contributed by atoms with van der Waals surface area (Å²) in [6, 6.07) is 0. The van der Waals surface area contributed by atoms with E-state index < -0.39 is 36.7 Å². The van der Waals surface area contributed by atoms with E-state index in [4.69, 9.17) is 9.84 Å². The largest absolute Gasteiger partial charge is 0.479 e. The Bertz CT molecular complexity index is 253. The molecule has 86 valence electrons. The second-order valence-electron chi connectivity index (χ2n) is 3.04. The van der Waals surface area contributed by atoms with Gasteiger partial charge in [-0.25, -0.2) is 4.79 Å². The van der Waals surface area contributed by atoms with Crippen molar-refractivity contribution in [3.05, 3.63) is 12.8 Å². The van der Waals surface area contributed by atoms with Crippen molar-refractivity contribution in [2.45, 2.75) is 30.7 Å². The molecule has 7 nitrogen and oxygen atoms in total. The number of carbonyl (C=O) groups is 1. The van der Waals surface area contributed by atoms with E-state index >= 15 is 0 Å². The zero-order valence-electron chi connectivity index (χ0n) is 7.68. The van der Waals surface area contributed by atoms with Crippen molar-refractivity contribution in [1.82, 2.24) is 0 Å². The maximum absolute atomic E-state index is 10.6. The average molecular weight is 220 g/mol. The van der Waals surface area contributed by atoms with Crippen LogP contribution in [0.3, 0.4) is 0 Å². The third-order valence-corrected chi connectivity index (χ3v) is 2.04. The number of rotatable bonds is 3. The van der Waals surface area contributed by atoms with E-state index in [1.54, 1.807) is 0 Å². The molecule has 0 amide bonds. The van der Waals surface area contributed by atoms with Crippen LogP contribution in [-0.4, -0.2) is 57.1 Å². The monoisotopic (exact) mass is 220 g/mol. The zero-order valence-corrected chi connectivity index (χ0v) is 7.68. The Hall–Kier alpha value is -1.15. The van der Waals surface area contributed by atoms with Crippen molar-refractivity contribution >= 4 is 5.97 Å². The molecule has 0 radical (unpaired) electrons. The van der Waals surface area contributed by atoms with Gasteiger partial charge in [0.2, 0.25) is 6.29 Å². The summed E-state index contributed by atoms with van der Waals surface area (Å²) in [5, 5.41) is 36.5. The zero-order chi connectivity index (χ0) is 11.6. The van der Waals surface area contributed by atoms with Crippen LogP contribution in [0.1, 0.15) is 0 Å². The number of aliphatic carboxylic acids is 1. The molecule has 15 heavy (non-hydrogen) atoms. The van der Waals surface area contributed by atoms with Gasteiger partial charge in [0, 0.05) is 0 Å². The SMILES string of the molecule is C=COC1O[C@H](C(=O)O)[C@@H](O)[C@H](O)[C@H]1O. The molecule has 0 spiro atoms. The van der Waals surface area contributed by atoms with Gasteiger partial charge in [0.15, 0.2) is 6.10 Å². The highest BCUT2D eigenvalue weighted by molar-refractivity contribution is 5.73. The molecule has 1 unspecified atom stereocenters. The molecule has 0 saturated carbocycles. The van der Waals surface area contributed by atoms with Crippen molar-refractivity contribution in [3.8, 4) is 0 Å². The van der Waals surface area contributed by atoms with Crippen molar-refractivity contribution in [1.29, 1.82) is 0 Å². The third kappa shape index (κ3) is 2.26. The molecule has 1 saturated heterocycles. The second-order valence-corrected chi connectivity index (χ2v) is 3.04.